The van der Waals surface area contributed by atoms with Crippen LogP contribution in [0.3, 0.4) is 0 Å². The molecule has 2 amide bonds. The molecule has 0 aliphatic heterocycles. The summed E-state index contributed by atoms with van der Waals surface area (Å²) < 4.78 is 6.94. The summed E-state index contributed by atoms with van der Waals surface area (Å²) in [6.07, 6.45) is 1.82. The van der Waals surface area contributed by atoms with Gasteiger partial charge in [-0.15, -0.1) is 0 Å². The molecule has 1 aromatic carbocycles. The molecule has 0 fully saturated rings. The largest absolute Gasteiger partial charge is 0.497 e. The van der Waals surface area contributed by atoms with Crippen LogP contribution in [0.1, 0.15) is 6.92 Å². The molecule has 1 heterocycles. The molecule has 0 atom stereocenters. The monoisotopic (exact) mass is 261 g/mol. The molecule has 0 spiro atoms. The zero-order chi connectivity index (χ0) is 13.8. The molecule has 0 unspecified atom stereocenters. The molecule has 19 heavy (non-hydrogen) atoms. The maximum Gasteiger partial charge on any atom is 0.258 e. The molecule has 0 saturated heterocycles. The van der Waals surface area contributed by atoms with Gasteiger partial charge in [0.1, 0.15) is 12.3 Å². The number of aromatic nitrogens is 1. The summed E-state index contributed by atoms with van der Waals surface area (Å²) in [5.74, 6) is 0.173. The fourth-order valence-electron chi connectivity index (χ4n) is 1.80. The molecular formula is C13H15N3O3. The molecule has 2 aromatic rings. The zero-order valence-corrected chi connectivity index (χ0v) is 10.8. The Morgan fingerprint density at radius 3 is 2.74 bits per heavy atom. The van der Waals surface area contributed by atoms with E-state index in [1.807, 2.05) is 30.5 Å². The van der Waals surface area contributed by atoms with Crippen molar-refractivity contribution in [3.05, 3.63) is 30.5 Å². The predicted octanol–water partition coefficient (Wildman–Crippen LogP) is 0.817. The molecule has 0 radical (unpaired) electrons. The lowest BCUT2D eigenvalue weighted by molar-refractivity contribution is -0.128. The van der Waals surface area contributed by atoms with Crippen LogP contribution in [0.4, 0.5) is 0 Å². The number of hydrogen-bond donors (Lipinski definition) is 2. The minimum atomic E-state index is -0.310. The molecule has 0 saturated carbocycles. The van der Waals surface area contributed by atoms with Gasteiger partial charge in [0, 0.05) is 24.0 Å². The number of carbonyl (C=O) groups excluding carboxylic acids is 2. The fraction of sp³-hybridized carbons (Fsp3) is 0.231. The first-order valence-corrected chi connectivity index (χ1v) is 5.78. The normalized spacial score (nSPS) is 10.2. The van der Waals surface area contributed by atoms with Crippen LogP contribution >= 0.6 is 0 Å². The van der Waals surface area contributed by atoms with Gasteiger partial charge in [0.2, 0.25) is 5.91 Å². The molecule has 2 rings (SSSR count). The molecule has 0 aliphatic rings. The smallest absolute Gasteiger partial charge is 0.258 e. The molecule has 1 aromatic heterocycles. The molecule has 6 nitrogen and oxygen atoms in total. The Morgan fingerprint density at radius 1 is 1.26 bits per heavy atom. The van der Waals surface area contributed by atoms with Crippen LogP contribution in [-0.4, -0.2) is 23.5 Å². The molecule has 6 heteroatoms. The number of nitrogens with zero attached hydrogens (tertiary/aromatic N) is 1. The van der Waals surface area contributed by atoms with E-state index in [0.29, 0.717) is 0 Å². The number of ether oxygens (including phenoxy) is 1. The second-order valence-electron chi connectivity index (χ2n) is 4.10. The van der Waals surface area contributed by atoms with Gasteiger partial charge in [-0.25, -0.2) is 0 Å². The highest BCUT2D eigenvalue weighted by Gasteiger charge is 2.07. The van der Waals surface area contributed by atoms with Crippen molar-refractivity contribution >= 4 is 22.7 Å². The lowest BCUT2D eigenvalue weighted by Gasteiger charge is -2.07. The van der Waals surface area contributed by atoms with Gasteiger partial charge in [0.05, 0.1) is 7.11 Å². The van der Waals surface area contributed by atoms with Crippen molar-refractivity contribution in [3.8, 4) is 5.75 Å². The van der Waals surface area contributed by atoms with E-state index in [-0.39, 0.29) is 18.4 Å². The third-order valence-corrected chi connectivity index (χ3v) is 2.67. The number of methoxy groups -OCH3 is 1. The van der Waals surface area contributed by atoms with Gasteiger partial charge in [-0.3, -0.25) is 20.4 Å². The van der Waals surface area contributed by atoms with E-state index in [0.717, 1.165) is 16.7 Å². The van der Waals surface area contributed by atoms with Crippen molar-refractivity contribution < 1.29 is 14.3 Å². The fourth-order valence-corrected chi connectivity index (χ4v) is 1.80. The summed E-state index contributed by atoms with van der Waals surface area (Å²) in [6.45, 7) is 1.47. The average molecular weight is 261 g/mol. The van der Waals surface area contributed by atoms with E-state index in [1.54, 1.807) is 11.7 Å². The second-order valence-corrected chi connectivity index (χ2v) is 4.10. The van der Waals surface area contributed by atoms with Crippen LogP contribution in [-0.2, 0) is 16.1 Å². The minimum Gasteiger partial charge on any atom is -0.497 e. The third-order valence-electron chi connectivity index (χ3n) is 2.67. The van der Waals surface area contributed by atoms with Crippen molar-refractivity contribution in [2.45, 2.75) is 13.5 Å². The van der Waals surface area contributed by atoms with E-state index in [1.165, 1.54) is 6.92 Å². The molecule has 0 bridgehead atoms. The zero-order valence-electron chi connectivity index (χ0n) is 10.8. The Kier molecular flexibility index (Phi) is 3.70. The van der Waals surface area contributed by atoms with Gasteiger partial charge >= 0.3 is 0 Å². The van der Waals surface area contributed by atoms with Crippen molar-refractivity contribution in [1.82, 2.24) is 15.4 Å². The van der Waals surface area contributed by atoms with Gasteiger partial charge in [-0.1, -0.05) is 0 Å². The first-order valence-electron chi connectivity index (χ1n) is 5.78. The summed E-state index contributed by atoms with van der Waals surface area (Å²) in [4.78, 5) is 22.3. The average Bonchev–Trinajstić information content (AvgIpc) is 2.78. The number of carbonyl (C=O) groups is 2. The highest BCUT2D eigenvalue weighted by atomic mass is 16.5. The number of fused-ring (bicyclic) bond motifs is 1. The maximum absolute atomic E-state index is 11.6. The van der Waals surface area contributed by atoms with Gasteiger partial charge in [-0.2, -0.15) is 0 Å². The molecule has 0 aliphatic carbocycles. The number of rotatable bonds is 3. The molecular weight excluding hydrogens is 246 g/mol. The van der Waals surface area contributed by atoms with Crippen molar-refractivity contribution in [1.29, 1.82) is 0 Å². The van der Waals surface area contributed by atoms with Gasteiger partial charge < -0.3 is 9.30 Å². The SMILES string of the molecule is COc1ccc2c(ccn2CC(=O)NNC(C)=O)c1. The van der Waals surface area contributed by atoms with Crippen LogP contribution in [0.2, 0.25) is 0 Å². The Hall–Kier alpha value is -2.50. The highest BCUT2D eigenvalue weighted by molar-refractivity contribution is 5.85. The molecule has 100 valence electrons. The third kappa shape index (κ3) is 3.04. The van der Waals surface area contributed by atoms with Crippen molar-refractivity contribution in [2.24, 2.45) is 0 Å². The summed E-state index contributed by atoms with van der Waals surface area (Å²) in [5.41, 5.74) is 5.51. The number of amides is 2. The maximum atomic E-state index is 11.6. The first-order chi connectivity index (χ1) is 9.10. The van der Waals surface area contributed by atoms with Gasteiger partial charge in [0.25, 0.3) is 5.91 Å². The quantitative estimate of drug-likeness (QED) is 0.803. The standard InChI is InChI=1S/C13H15N3O3/c1-9(17)14-15-13(18)8-16-6-5-10-7-11(19-2)3-4-12(10)16/h3-7H,8H2,1-2H3,(H,14,17)(H,15,18). The predicted molar refractivity (Wildman–Crippen MR) is 70.4 cm³/mol. The summed E-state index contributed by atoms with van der Waals surface area (Å²) in [6, 6.07) is 7.53. The van der Waals surface area contributed by atoms with Crippen LogP contribution in [0.25, 0.3) is 10.9 Å². The summed E-state index contributed by atoms with van der Waals surface area (Å²) in [7, 11) is 1.61. The Balaban J connectivity index is 2.13. The van der Waals surface area contributed by atoms with E-state index in [9.17, 15) is 9.59 Å². The van der Waals surface area contributed by atoms with Gasteiger partial charge in [-0.05, 0) is 24.3 Å². The lowest BCUT2D eigenvalue weighted by Crippen LogP contribution is -2.41. The first kappa shape index (κ1) is 12.9. The van der Waals surface area contributed by atoms with E-state index >= 15 is 0 Å². The Bertz CT molecular complexity index is 619. The topological polar surface area (TPSA) is 72.4 Å². The molecule has 2 N–H and O–H groups in total. The Morgan fingerprint density at radius 2 is 2.05 bits per heavy atom. The Labute approximate surface area is 110 Å². The van der Waals surface area contributed by atoms with Crippen molar-refractivity contribution in [2.75, 3.05) is 7.11 Å². The number of nitrogens with one attached hydrogen (secondary N) is 2. The summed E-state index contributed by atoms with van der Waals surface area (Å²) >= 11 is 0. The van der Waals surface area contributed by atoms with Crippen molar-refractivity contribution in [3.63, 3.8) is 0 Å². The minimum absolute atomic E-state index is 0.135. The van der Waals surface area contributed by atoms with Gasteiger partial charge in [0.15, 0.2) is 0 Å². The van der Waals surface area contributed by atoms with Crippen LogP contribution in [0.15, 0.2) is 30.5 Å². The second kappa shape index (κ2) is 5.43. The van der Waals surface area contributed by atoms with E-state index in [4.69, 9.17) is 4.74 Å². The highest BCUT2D eigenvalue weighted by Crippen LogP contribution is 2.21. The lowest BCUT2D eigenvalue weighted by atomic mass is 10.2. The summed E-state index contributed by atoms with van der Waals surface area (Å²) in [5, 5.41) is 0.992. The number of hydrogen-bond acceptors (Lipinski definition) is 3. The van der Waals surface area contributed by atoms with Crippen LogP contribution in [0.5, 0.6) is 5.75 Å². The van der Waals surface area contributed by atoms with E-state index < -0.39 is 0 Å². The van der Waals surface area contributed by atoms with Crippen LogP contribution < -0.4 is 15.6 Å². The number of hydrazine groups is 1. The number of benzene rings is 1. The van der Waals surface area contributed by atoms with Crippen LogP contribution in [0, 0.1) is 0 Å². The van der Waals surface area contributed by atoms with E-state index in [2.05, 4.69) is 10.9 Å².